The first-order valence-corrected chi connectivity index (χ1v) is 17.5. The van der Waals surface area contributed by atoms with E-state index in [0.29, 0.717) is 33.4 Å². The molecule has 244 valence electrons. The van der Waals surface area contributed by atoms with E-state index in [2.05, 4.69) is 50.2 Å². The minimum Gasteiger partial charge on any atom is -0.455 e. The molecule has 0 radical (unpaired) electrons. The summed E-state index contributed by atoms with van der Waals surface area (Å²) < 4.78 is 80.1. The highest BCUT2D eigenvalue weighted by molar-refractivity contribution is 6.23. The average Bonchev–Trinajstić information content (AvgIpc) is 3.77. The van der Waals surface area contributed by atoms with Gasteiger partial charge in [-0.3, -0.25) is 0 Å². The maximum absolute atomic E-state index is 9.51. The zero-order valence-electron chi connectivity index (χ0n) is 36.5. The van der Waals surface area contributed by atoms with E-state index in [-0.39, 0.29) is 51.1 Å². The van der Waals surface area contributed by atoms with Crippen molar-refractivity contribution in [2.24, 2.45) is 0 Å². The Balaban J connectivity index is 1.26. The zero-order valence-corrected chi connectivity index (χ0v) is 28.5. The van der Waals surface area contributed by atoms with Crippen LogP contribution in [0.4, 0.5) is 0 Å². The van der Waals surface area contributed by atoms with E-state index in [1.807, 2.05) is 78.9 Å². The minimum absolute atomic E-state index is 0.175. The Morgan fingerprint density at radius 1 is 0.462 bits per heavy atom. The van der Waals surface area contributed by atoms with Gasteiger partial charge in [0.2, 0.25) is 0 Å². The summed E-state index contributed by atoms with van der Waals surface area (Å²) in [5.41, 5.74) is 9.38. The van der Waals surface area contributed by atoms with Crippen molar-refractivity contribution in [3.8, 4) is 44.5 Å². The Kier molecular flexibility index (Phi) is 4.64. The maximum Gasteiger partial charge on any atom is 0.143 e. The molecule has 0 fully saturated rings. The lowest BCUT2D eigenvalue weighted by Crippen LogP contribution is -2.16. The van der Waals surface area contributed by atoms with Crippen LogP contribution < -0.4 is 0 Å². The standard InChI is InChI=1S/C51H34O/c1-51(2)45-24-10-9-17-37(45)42-23-12-22-35(49(42)51)32-14-11-15-33(29-32)47-38-18-5-7-20-40(38)48(41-21-8-6-19-39(41)47)34-26-28-46-44(30-34)43-27-25-31-13-3-4-16-36(31)50(43)52-46/h3-30H,1-2H3/i5D,6D,7D,8D,18D,19D,20D,21D. The van der Waals surface area contributed by atoms with Gasteiger partial charge in [-0.2, -0.15) is 0 Å². The largest absolute Gasteiger partial charge is 0.455 e. The first kappa shape index (κ1) is 22.4. The van der Waals surface area contributed by atoms with Crippen molar-refractivity contribution in [2.45, 2.75) is 19.3 Å². The third-order valence-electron chi connectivity index (χ3n) is 11.1. The van der Waals surface area contributed by atoms with Gasteiger partial charge in [0.25, 0.3) is 0 Å². The van der Waals surface area contributed by atoms with E-state index in [1.165, 1.54) is 16.7 Å². The number of hydrogen-bond acceptors (Lipinski definition) is 1. The second-order valence-corrected chi connectivity index (χ2v) is 14.2. The predicted molar refractivity (Wildman–Crippen MR) is 220 cm³/mol. The third kappa shape index (κ3) is 4.05. The molecule has 1 aliphatic rings. The fourth-order valence-corrected chi connectivity index (χ4v) is 8.79. The maximum atomic E-state index is 9.51. The molecule has 9 aromatic carbocycles. The molecule has 0 aliphatic heterocycles. The van der Waals surface area contributed by atoms with Gasteiger partial charge >= 0.3 is 0 Å². The average molecular weight is 671 g/mol. The van der Waals surface area contributed by atoms with Crippen molar-refractivity contribution >= 4 is 54.3 Å². The van der Waals surface area contributed by atoms with Crippen LogP contribution in [-0.4, -0.2) is 0 Å². The molecule has 0 atom stereocenters. The minimum atomic E-state index is -0.434. The summed E-state index contributed by atoms with van der Waals surface area (Å²) in [6.07, 6.45) is 0. The lowest BCUT2D eigenvalue weighted by molar-refractivity contribution is 0.662. The molecule has 0 unspecified atom stereocenters. The van der Waals surface area contributed by atoms with E-state index >= 15 is 0 Å². The molecule has 0 N–H and O–H groups in total. The Morgan fingerprint density at radius 2 is 1.08 bits per heavy atom. The molecule has 1 aliphatic carbocycles. The summed E-state index contributed by atoms with van der Waals surface area (Å²) in [5, 5.41) is 4.32. The predicted octanol–water partition coefficient (Wildman–Crippen LogP) is 14.4. The van der Waals surface area contributed by atoms with Crippen molar-refractivity contribution in [3.05, 3.63) is 181 Å². The second kappa shape index (κ2) is 10.8. The van der Waals surface area contributed by atoms with Gasteiger partial charge < -0.3 is 4.42 Å². The zero-order chi connectivity index (χ0) is 41.5. The molecule has 0 saturated carbocycles. The fraction of sp³-hybridized carbons (Fsp3) is 0.0588. The summed E-state index contributed by atoms with van der Waals surface area (Å²) >= 11 is 0. The molecular weight excluding hydrogens is 629 g/mol. The van der Waals surface area contributed by atoms with Crippen molar-refractivity contribution in [1.29, 1.82) is 0 Å². The van der Waals surface area contributed by atoms with Gasteiger partial charge in [-0.15, -0.1) is 0 Å². The number of furan rings is 1. The summed E-state index contributed by atoms with van der Waals surface area (Å²) in [4.78, 5) is 0. The molecule has 11 rings (SSSR count). The molecule has 1 nitrogen and oxygen atoms in total. The molecule has 10 aromatic rings. The SMILES string of the molecule is [2H]c1c([2H])c([2H])c2c(-c3ccc4oc5c6ccccc6ccc5c4c3)c3c([2H])c([2H])c([2H])c([2H])c3c(-c3cccc(-c4cccc5c4C(C)(C)c4ccccc4-5)c3)c2c1[2H]. The van der Waals surface area contributed by atoms with Crippen LogP contribution in [0, 0.1) is 0 Å². The smallest absolute Gasteiger partial charge is 0.143 e. The summed E-state index contributed by atoms with van der Waals surface area (Å²) in [7, 11) is 0. The lowest BCUT2D eigenvalue weighted by Gasteiger charge is -2.25. The Hall–Kier alpha value is -6.44. The van der Waals surface area contributed by atoms with Gasteiger partial charge in [0.05, 0.1) is 11.0 Å². The van der Waals surface area contributed by atoms with Gasteiger partial charge in [-0.05, 0) is 107 Å². The molecule has 1 aromatic heterocycles. The van der Waals surface area contributed by atoms with Crippen LogP contribution in [0.15, 0.2) is 174 Å². The van der Waals surface area contributed by atoms with Gasteiger partial charge in [0, 0.05) is 21.6 Å². The molecule has 1 heteroatoms. The van der Waals surface area contributed by atoms with Gasteiger partial charge in [-0.1, -0.05) is 159 Å². The van der Waals surface area contributed by atoms with Crippen LogP contribution in [0.1, 0.15) is 35.9 Å². The van der Waals surface area contributed by atoms with Crippen molar-refractivity contribution in [1.82, 2.24) is 0 Å². The quantitative estimate of drug-likeness (QED) is 0.171. The number of benzene rings is 9. The molecule has 0 spiro atoms. The van der Waals surface area contributed by atoms with Gasteiger partial charge in [-0.25, -0.2) is 0 Å². The Bertz CT molecular complexity index is 3480. The molecule has 0 amide bonds. The number of fused-ring (bicyclic) bond motifs is 10. The van der Waals surface area contributed by atoms with Crippen LogP contribution in [0.5, 0.6) is 0 Å². The molecule has 0 saturated heterocycles. The number of rotatable bonds is 3. The van der Waals surface area contributed by atoms with Gasteiger partial charge in [0.15, 0.2) is 0 Å². The van der Waals surface area contributed by atoms with Gasteiger partial charge in [0.1, 0.15) is 11.2 Å². The Labute approximate surface area is 313 Å². The second-order valence-electron chi connectivity index (χ2n) is 14.2. The highest BCUT2D eigenvalue weighted by Gasteiger charge is 2.37. The van der Waals surface area contributed by atoms with Crippen molar-refractivity contribution in [3.63, 3.8) is 0 Å². The topological polar surface area (TPSA) is 13.1 Å². The first-order valence-electron chi connectivity index (χ1n) is 21.5. The number of hydrogen-bond donors (Lipinski definition) is 0. The highest BCUT2D eigenvalue weighted by atomic mass is 16.3. The van der Waals surface area contributed by atoms with Crippen molar-refractivity contribution < 1.29 is 15.4 Å². The van der Waals surface area contributed by atoms with Crippen LogP contribution in [0.3, 0.4) is 0 Å². The van der Waals surface area contributed by atoms with Crippen LogP contribution >= 0.6 is 0 Å². The molecular formula is C51H34O. The lowest BCUT2D eigenvalue weighted by atomic mass is 9.78. The first-order chi connectivity index (χ1) is 28.9. The van der Waals surface area contributed by atoms with E-state index in [0.717, 1.165) is 38.2 Å². The highest BCUT2D eigenvalue weighted by Crippen LogP contribution is 2.53. The van der Waals surface area contributed by atoms with Crippen LogP contribution in [-0.2, 0) is 5.41 Å². The van der Waals surface area contributed by atoms with E-state index in [1.54, 1.807) is 6.07 Å². The summed E-state index contributed by atoms with van der Waals surface area (Å²) in [5.74, 6) is 0. The van der Waals surface area contributed by atoms with E-state index in [9.17, 15) is 5.48 Å². The van der Waals surface area contributed by atoms with E-state index < -0.39 is 24.2 Å². The summed E-state index contributed by atoms with van der Waals surface area (Å²) in [6, 6.07) is 37.1. The molecule has 0 bridgehead atoms. The van der Waals surface area contributed by atoms with Crippen LogP contribution in [0.25, 0.3) is 98.8 Å². The van der Waals surface area contributed by atoms with E-state index in [4.69, 9.17) is 9.90 Å². The van der Waals surface area contributed by atoms with Crippen molar-refractivity contribution in [2.75, 3.05) is 0 Å². The molecule has 1 heterocycles. The monoisotopic (exact) mass is 670 g/mol. The normalized spacial score (nSPS) is 15.5. The van der Waals surface area contributed by atoms with Crippen LogP contribution in [0.2, 0.25) is 0 Å². The Morgan fingerprint density at radius 3 is 1.85 bits per heavy atom. The summed E-state index contributed by atoms with van der Waals surface area (Å²) in [6.45, 7) is 4.45. The third-order valence-corrected chi connectivity index (χ3v) is 11.1. The fourth-order valence-electron chi connectivity index (χ4n) is 8.79. The molecule has 52 heavy (non-hydrogen) atoms.